The van der Waals surface area contributed by atoms with Crippen LogP contribution >= 0.6 is 0 Å². The Labute approximate surface area is 136 Å². The van der Waals surface area contributed by atoms with Gasteiger partial charge in [0, 0.05) is 25.3 Å². The third kappa shape index (κ3) is 4.77. The van der Waals surface area contributed by atoms with Crippen molar-refractivity contribution in [2.45, 2.75) is 34.2 Å². The number of hydrogen-bond donors (Lipinski definition) is 2. The number of hydrogen-bond acceptors (Lipinski definition) is 5. The molecule has 1 atom stereocenters. The Morgan fingerprint density at radius 3 is 2.65 bits per heavy atom. The Morgan fingerprint density at radius 1 is 1.30 bits per heavy atom. The number of amides is 1. The number of nitrogens with zero attached hydrogens (tertiary/aromatic N) is 4. The lowest BCUT2D eigenvalue weighted by molar-refractivity contribution is 0.0950. The van der Waals surface area contributed by atoms with Crippen LogP contribution in [0.25, 0.3) is 0 Å². The number of carbonyl (C=O) groups excluding carboxylic acids is 1. The molecule has 0 aliphatic rings. The molecule has 0 saturated heterocycles. The van der Waals surface area contributed by atoms with E-state index < -0.39 is 0 Å². The van der Waals surface area contributed by atoms with E-state index in [-0.39, 0.29) is 5.91 Å². The average molecular weight is 316 g/mol. The first-order chi connectivity index (χ1) is 11.0. The molecule has 2 rings (SSSR count). The van der Waals surface area contributed by atoms with Crippen molar-refractivity contribution < 1.29 is 4.79 Å². The summed E-state index contributed by atoms with van der Waals surface area (Å²) in [6.45, 7) is 10.3. The van der Waals surface area contributed by atoms with Crippen molar-refractivity contribution in [2.24, 2.45) is 5.92 Å². The van der Waals surface area contributed by atoms with E-state index in [0.29, 0.717) is 24.0 Å². The average Bonchev–Trinajstić information content (AvgIpc) is 2.83. The van der Waals surface area contributed by atoms with E-state index in [4.69, 9.17) is 0 Å². The monoisotopic (exact) mass is 316 g/mol. The fourth-order valence-electron chi connectivity index (χ4n) is 2.30. The van der Waals surface area contributed by atoms with E-state index in [0.717, 1.165) is 18.8 Å². The van der Waals surface area contributed by atoms with E-state index in [9.17, 15) is 4.79 Å². The number of aromatic nitrogens is 4. The highest BCUT2D eigenvalue weighted by Gasteiger charge is 2.09. The summed E-state index contributed by atoms with van der Waals surface area (Å²) >= 11 is 0. The van der Waals surface area contributed by atoms with E-state index in [1.807, 2.05) is 18.5 Å². The molecule has 0 aromatic carbocycles. The van der Waals surface area contributed by atoms with Crippen molar-refractivity contribution in [1.29, 1.82) is 0 Å². The molecule has 0 fully saturated rings. The zero-order valence-corrected chi connectivity index (χ0v) is 14.1. The Hall–Kier alpha value is -2.44. The van der Waals surface area contributed by atoms with Gasteiger partial charge in [0.2, 0.25) is 0 Å². The standard InChI is InChI=1S/C16H24N6O/c1-5-17-16(23)14-6-7-15(20-19-14)18-9-11(2)10-22-13(4)8-12(3)21-22/h6-8,11H,5,9-10H2,1-4H3,(H,17,23)(H,18,20)/t11-/m1/s1. The SMILES string of the molecule is CCNC(=O)c1ccc(NC[C@@H](C)Cn2nc(C)cc2C)nn1. The lowest BCUT2D eigenvalue weighted by atomic mass is 10.2. The van der Waals surface area contributed by atoms with Crippen LogP contribution in [-0.2, 0) is 6.54 Å². The molecular weight excluding hydrogens is 292 g/mol. The first-order valence-corrected chi connectivity index (χ1v) is 7.86. The zero-order chi connectivity index (χ0) is 16.8. The molecule has 0 unspecified atom stereocenters. The van der Waals surface area contributed by atoms with Gasteiger partial charge in [0.15, 0.2) is 5.69 Å². The lowest BCUT2D eigenvalue weighted by Gasteiger charge is -2.14. The van der Waals surface area contributed by atoms with E-state index in [1.54, 1.807) is 12.1 Å². The quantitative estimate of drug-likeness (QED) is 0.813. The van der Waals surface area contributed by atoms with Crippen LogP contribution in [0.15, 0.2) is 18.2 Å². The fourth-order valence-corrected chi connectivity index (χ4v) is 2.30. The zero-order valence-electron chi connectivity index (χ0n) is 14.1. The summed E-state index contributed by atoms with van der Waals surface area (Å²) in [7, 11) is 0. The Bertz CT molecular complexity index is 649. The largest absolute Gasteiger partial charge is 0.368 e. The van der Waals surface area contributed by atoms with Gasteiger partial charge in [-0.15, -0.1) is 10.2 Å². The van der Waals surface area contributed by atoms with Gasteiger partial charge in [-0.1, -0.05) is 6.92 Å². The van der Waals surface area contributed by atoms with Gasteiger partial charge in [0.1, 0.15) is 5.82 Å². The normalized spacial score (nSPS) is 12.0. The molecule has 0 aliphatic carbocycles. The maximum absolute atomic E-state index is 11.6. The highest BCUT2D eigenvalue weighted by Crippen LogP contribution is 2.08. The minimum absolute atomic E-state index is 0.204. The molecule has 124 valence electrons. The molecule has 0 saturated carbocycles. The molecule has 2 aromatic rings. The van der Waals surface area contributed by atoms with Gasteiger partial charge in [0.25, 0.3) is 5.91 Å². The second-order valence-electron chi connectivity index (χ2n) is 5.76. The Balaban J connectivity index is 1.85. The van der Waals surface area contributed by atoms with Crippen LogP contribution in [0, 0.1) is 19.8 Å². The molecule has 2 N–H and O–H groups in total. The third-order valence-electron chi connectivity index (χ3n) is 3.45. The van der Waals surface area contributed by atoms with Gasteiger partial charge in [-0.25, -0.2) is 0 Å². The van der Waals surface area contributed by atoms with Gasteiger partial charge in [-0.05, 0) is 44.9 Å². The predicted octanol–water partition coefficient (Wildman–Crippen LogP) is 1.79. The highest BCUT2D eigenvalue weighted by molar-refractivity contribution is 5.92. The molecule has 0 radical (unpaired) electrons. The van der Waals surface area contributed by atoms with E-state index in [2.05, 4.69) is 45.8 Å². The summed E-state index contributed by atoms with van der Waals surface area (Å²) in [6, 6.07) is 5.52. The summed E-state index contributed by atoms with van der Waals surface area (Å²) < 4.78 is 2.02. The smallest absolute Gasteiger partial charge is 0.271 e. The topological polar surface area (TPSA) is 84.7 Å². The molecule has 0 aliphatic heterocycles. The Kier molecular flexibility index (Phi) is 5.67. The Morgan fingerprint density at radius 2 is 2.09 bits per heavy atom. The molecule has 7 nitrogen and oxygen atoms in total. The molecule has 2 heterocycles. The summed E-state index contributed by atoms with van der Waals surface area (Å²) in [5, 5.41) is 18.4. The second-order valence-corrected chi connectivity index (χ2v) is 5.76. The molecule has 0 spiro atoms. The molecule has 1 amide bonds. The first-order valence-electron chi connectivity index (χ1n) is 7.86. The number of anilines is 1. The summed E-state index contributed by atoms with van der Waals surface area (Å²) in [5.41, 5.74) is 2.53. The van der Waals surface area contributed by atoms with Crippen LogP contribution in [0.1, 0.15) is 35.7 Å². The van der Waals surface area contributed by atoms with Gasteiger partial charge in [-0.3, -0.25) is 9.48 Å². The molecule has 0 bridgehead atoms. The van der Waals surface area contributed by atoms with Crippen LogP contribution in [0.2, 0.25) is 0 Å². The van der Waals surface area contributed by atoms with E-state index in [1.165, 1.54) is 5.69 Å². The predicted molar refractivity (Wildman–Crippen MR) is 89.4 cm³/mol. The van der Waals surface area contributed by atoms with Crippen molar-refractivity contribution in [3.8, 4) is 0 Å². The van der Waals surface area contributed by atoms with Crippen LogP contribution in [-0.4, -0.2) is 39.0 Å². The molecule has 7 heteroatoms. The van der Waals surface area contributed by atoms with Crippen molar-refractivity contribution in [3.63, 3.8) is 0 Å². The van der Waals surface area contributed by atoms with Gasteiger partial charge in [-0.2, -0.15) is 5.10 Å². The van der Waals surface area contributed by atoms with Crippen molar-refractivity contribution in [3.05, 3.63) is 35.3 Å². The van der Waals surface area contributed by atoms with Crippen molar-refractivity contribution in [1.82, 2.24) is 25.3 Å². The molecule has 2 aromatic heterocycles. The van der Waals surface area contributed by atoms with Crippen LogP contribution in [0.5, 0.6) is 0 Å². The van der Waals surface area contributed by atoms with Crippen molar-refractivity contribution in [2.75, 3.05) is 18.4 Å². The molecule has 23 heavy (non-hydrogen) atoms. The van der Waals surface area contributed by atoms with Gasteiger partial charge in [0.05, 0.1) is 5.69 Å². The summed E-state index contributed by atoms with van der Waals surface area (Å²) in [4.78, 5) is 11.6. The van der Waals surface area contributed by atoms with Gasteiger partial charge < -0.3 is 10.6 Å². The minimum atomic E-state index is -0.204. The maximum Gasteiger partial charge on any atom is 0.271 e. The van der Waals surface area contributed by atoms with Crippen LogP contribution in [0.3, 0.4) is 0 Å². The minimum Gasteiger partial charge on any atom is -0.368 e. The van der Waals surface area contributed by atoms with E-state index >= 15 is 0 Å². The van der Waals surface area contributed by atoms with Gasteiger partial charge >= 0.3 is 0 Å². The third-order valence-corrected chi connectivity index (χ3v) is 3.45. The van der Waals surface area contributed by atoms with Crippen LogP contribution < -0.4 is 10.6 Å². The summed E-state index contributed by atoms with van der Waals surface area (Å²) in [5.74, 6) is 0.848. The van der Waals surface area contributed by atoms with Crippen molar-refractivity contribution >= 4 is 11.7 Å². The molecular formula is C16H24N6O. The second kappa shape index (κ2) is 7.71. The number of nitrogens with one attached hydrogen (secondary N) is 2. The fraction of sp³-hybridized carbons (Fsp3) is 0.500. The first kappa shape index (κ1) is 16.9. The number of aryl methyl sites for hydroxylation is 2. The number of rotatable bonds is 7. The van der Waals surface area contributed by atoms with Crippen LogP contribution in [0.4, 0.5) is 5.82 Å². The maximum atomic E-state index is 11.6. The highest BCUT2D eigenvalue weighted by atomic mass is 16.1. The summed E-state index contributed by atoms with van der Waals surface area (Å²) in [6.07, 6.45) is 0. The lowest BCUT2D eigenvalue weighted by Crippen LogP contribution is -2.24. The number of carbonyl (C=O) groups is 1.